The van der Waals surface area contributed by atoms with Crippen LogP contribution in [0.5, 0.6) is 0 Å². The molecule has 2 fully saturated rings. The van der Waals surface area contributed by atoms with Crippen LogP contribution in [0.2, 0.25) is 0 Å². The lowest BCUT2D eigenvalue weighted by atomic mass is 9.94. The topological polar surface area (TPSA) is 43.9 Å². The van der Waals surface area contributed by atoms with Gasteiger partial charge in [0.2, 0.25) is 0 Å². The fraction of sp³-hybridized carbons (Fsp3) is 1.00. The third kappa shape index (κ3) is 3.93. The summed E-state index contributed by atoms with van der Waals surface area (Å²) in [5.74, 6) is 1.54. The van der Waals surface area contributed by atoms with Crippen LogP contribution in [0.1, 0.15) is 32.6 Å². The van der Waals surface area contributed by atoms with Crippen molar-refractivity contribution in [2.45, 2.75) is 32.6 Å². The van der Waals surface area contributed by atoms with E-state index in [1.54, 1.807) is 18.4 Å². The summed E-state index contributed by atoms with van der Waals surface area (Å²) in [5.41, 5.74) is 0. The van der Waals surface area contributed by atoms with Gasteiger partial charge in [0, 0.05) is 33.7 Å². The van der Waals surface area contributed by atoms with Gasteiger partial charge in [0.25, 0.3) is 10.2 Å². The van der Waals surface area contributed by atoms with Gasteiger partial charge in [0.15, 0.2) is 0 Å². The Kier molecular flexibility index (Phi) is 5.45. The smallest absolute Gasteiger partial charge is 0.281 e. The molecule has 0 aliphatic carbocycles. The standard InChI is InChI=1S/C14H29N3O2S/c1-13-4-8-16(9-5-13)12-14-6-10-17(11-7-14)20(18,19)15(2)3/h13-14H,4-12H2,1-3H3. The van der Waals surface area contributed by atoms with Crippen LogP contribution in [0, 0.1) is 11.8 Å². The normalized spacial score (nSPS) is 25.4. The van der Waals surface area contributed by atoms with Gasteiger partial charge < -0.3 is 4.90 Å². The van der Waals surface area contributed by atoms with E-state index in [1.807, 2.05) is 0 Å². The summed E-state index contributed by atoms with van der Waals surface area (Å²) in [4.78, 5) is 2.57. The first-order chi connectivity index (χ1) is 9.39. The molecule has 0 unspecified atom stereocenters. The lowest BCUT2D eigenvalue weighted by molar-refractivity contribution is 0.141. The van der Waals surface area contributed by atoms with Gasteiger partial charge in [-0.25, -0.2) is 0 Å². The molecule has 0 aromatic rings. The lowest BCUT2D eigenvalue weighted by Crippen LogP contribution is -2.46. The molecule has 0 amide bonds. The van der Waals surface area contributed by atoms with E-state index in [9.17, 15) is 8.42 Å². The highest BCUT2D eigenvalue weighted by atomic mass is 32.2. The van der Waals surface area contributed by atoms with Gasteiger partial charge >= 0.3 is 0 Å². The summed E-state index contributed by atoms with van der Waals surface area (Å²) in [6, 6.07) is 0. The number of nitrogens with zero attached hydrogens (tertiary/aromatic N) is 3. The Morgan fingerprint density at radius 1 is 1.00 bits per heavy atom. The molecule has 6 heteroatoms. The van der Waals surface area contributed by atoms with Crippen LogP contribution in [-0.2, 0) is 10.2 Å². The average molecular weight is 303 g/mol. The van der Waals surface area contributed by atoms with Crippen molar-refractivity contribution in [1.82, 2.24) is 13.5 Å². The first-order valence-electron chi connectivity index (χ1n) is 7.79. The van der Waals surface area contributed by atoms with E-state index in [4.69, 9.17) is 0 Å². The van der Waals surface area contributed by atoms with E-state index in [0.29, 0.717) is 19.0 Å². The highest BCUT2D eigenvalue weighted by Crippen LogP contribution is 2.23. The van der Waals surface area contributed by atoms with Gasteiger partial charge in [0.05, 0.1) is 0 Å². The van der Waals surface area contributed by atoms with E-state index >= 15 is 0 Å². The molecule has 5 nitrogen and oxygen atoms in total. The van der Waals surface area contributed by atoms with Crippen molar-refractivity contribution in [2.24, 2.45) is 11.8 Å². The third-order valence-electron chi connectivity index (χ3n) is 4.75. The van der Waals surface area contributed by atoms with Gasteiger partial charge in [-0.3, -0.25) is 0 Å². The fourth-order valence-corrected chi connectivity index (χ4v) is 4.30. The molecule has 20 heavy (non-hydrogen) atoms. The summed E-state index contributed by atoms with van der Waals surface area (Å²) >= 11 is 0. The quantitative estimate of drug-likeness (QED) is 0.785. The summed E-state index contributed by atoms with van der Waals surface area (Å²) < 4.78 is 27.1. The predicted octanol–water partition coefficient (Wildman–Crippen LogP) is 1.24. The predicted molar refractivity (Wildman–Crippen MR) is 81.7 cm³/mol. The van der Waals surface area contributed by atoms with E-state index in [2.05, 4.69) is 11.8 Å². The van der Waals surface area contributed by atoms with Gasteiger partial charge in [-0.1, -0.05) is 6.92 Å². The Labute approximate surface area is 124 Å². The number of hydrogen-bond acceptors (Lipinski definition) is 3. The fourth-order valence-electron chi connectivity index (χ4n) is 3.16. The van der Waals surface area contributed by atoms with Crippen LogP contribution in [-0.4, -0.2) is 68.7 Å². The van der Waals surface area contributed by atoms with Crippen LogP contribution < -0.4 is 0 Å². The van der Waals surface area contributed by atoms with Crippen LogP contribution in [0.25, 0.3) is 0 Å². The molecule has 0 bridgehead atoms. The second-order valence-corrected chi connectivity index (χ2v) is 8.76. The molecule has 118 valence electrons. The first kappa shape index (κ1) is 16.2. The molecule has 0 aromatic heterocycles. The SMILES string of the molecule is CC1CCN(CC2CCN(S(=O)(=O)N(C)C)CC2)CC1. The zero-order chi connectivity index (χ0) is 14.8. The van der Waals surface area contributed by atoms with Gasteiger partial charge in [-0.05, 0) is 50.6 Å². The lowest BCUT2D eigenvalue weighted by Gasteiger charge is -2.37. The summed E-state index contributed by atoms with van der Waals surface area (Å²) in [7, 11) is 0.00424. The van der Waals surface area contributed by atoms with Crippen LogP contribution in [0.15, 0.2) is 0 Å². The molecule has 2 saturated heterocycles. The van der Waals surface area contributed by atoms with Gasteiger partial charge in [0.1, 0.15) is 0 Å². The van der Waals surface area contributed by atoms with Crippen molar-refractivity contribution in [3.63, 3.8) is 0 Å². The second-order valence-electron chi connectivity index (χ2n) is 6.62. The summed E-state index contributed by atoms with van der Waals surface area (Å²) in [6.07, 6.45) is 4.62. The molecule has 2 rings (SSSR count). The molecule has 2 heterocycles. The minimum Gasteiger partial charge on any atom is -0.303 e. The van der Waals surface area contributed by atoms with Crippen molar-refractivity contribution in [2.75, 3.05) is 46.8 Å². The maximum Gasteiger partial charge on any atom is 0.281 e. The molecule has 2 aliphatic rings. The minimum atomic E-state index is -3.21. The van der Waals surface area contributed by atoms with E-state index in [-0.39, 0.29) is 0 Å². The molecule has 0 aromatic carbocycles. The number of hydrogen-bond donors (Lipinski definition) is 0. The van der Waals surface area contributed by atoms with E-state index < -0.39 is 10.2 Å². The van der Waals surface area contributed by atoms with Crippen molar-refractivity contribution >= 4 is 10.2 Å². The number of rotatable bonds is 4. The average Bonchev–Trinajstić information content (AvgIpc) is 2.42. The maximum atomic E-state index is 12.1. The zero-order valence-corrected chi connectivity index (χ0v) is 13.9. The highest BCUT2D eigenvalue weighted by Gasteiger charge is 2.30. The molecular formula is C14H29N3O2S. The molecule has 0 N–H and O–H groups in total. The molecule has 0 atom stereocenters. The third-order valence-corrected chi connectivity index (χ3v) is 6.69. The Morgan fingerprint density at radius 3 is 2.05 bits per heavy atom. The first-order valence-corrected chi connectivity index (χ1v) is 9.19. The van der Waals surface area contributed by atoms with Crippen LogP contribution >= 0.6 is 0 Å². The van der Waals surface area contributed by atoms with E-state index in [0.717, 1.165) is 25.3 Å². The molecule has 0 radical (unpaired) electrons. The number of likely N-dealkylation sites (tertiary alicyclic amines) is 1. The molecule has 0 saturated carbocycles. The zero-order valence-electron chi connectivity index (χ0n) is 13.1. The van der Waals surface area contributed by atoms with Crippen LogP contribution in [0.3, 0.4) is 0 Å². The Hall–Kier alpha value is -0.170. The molecule has 0 spiro atoms. The largest absolute Gasteiger partial charge is 0.303 e. The van der Waals surface area contributed by atoms with Crippen molar-refractivity contribution < 1.29 is 8.42 Å². The summed E-state index contributed by atoms with van der Waals surface area (Å²) in [6.45, 7) is 7.28. The minimum absolute atomic E-state index is 0.664. The number of piperidine rings is 2. The van der Waals surface area contributed by atoms with Gasteiger partial charge in [-0.2, -0.15) is 17.0 Å². The van der Waals surface area contributed by atoms with Gasteiger partial charge in [-0.15, -0.1) is 0 Å². The highest BCUT2D eigenvalue weighted by molar-refractivity contribution is 7.86. The maximum absolute atomic E-state index is 12.1. The monoisotopic (exact) mass is 303 g/mol. The Bertz CT molecular complexity index is 395. The second kappa shape index (κ2) is 6.73. The summed E-state index contributed by atoms with van der Waals surface area (Å²) in [5, 5.41) is 0. The van der Waals surface area contributed by atoms with E-state index in [1.165, 1.54) is 30.2 Å². The Morgan fingerprint density at radius 2 is 1.55 bits per heavy atom. The molecular weight excluding hydrogens is 274 g/mol. The van der Waals surface area contributed by atoms with Crippen molar-refractivity contribution in [3.05, 3.63) is 0 Å². The van der Waals surface area contributed by atoms with Crippen molar-refractivity contribution in [3.8, 4) is 0 Å². The molecule has 2 aliphatic heterocycles. The van der Waals surface area contributed by atoms with Crippen LogP contribution in [0.4, 0.5) is 0 Å². The Balaban J connectivity index is 1.77. The van der Waals surface area contributed by atoms with Crippen molar-refractivity contribution in [1.29, 1.82) is 0 Å².